The lowest BCUT2D eigenvalue weighted by atomic mass is 10.1. The average molecular weight is 454 g/mol. The molecule has 1 saturated heterocycles. The van der Waals surface area contributed by atoms with Crippen LogP contribution >= 0.6 is 0 Å². The van der Waals surface area contributed by atoms with E-state index in [0.717, 1.165) is 5.56 Å². The highest BCUT2D eigenvalue weighted by molar-refractivity contribution is 5.90. The largest absolute Gasteiger partial charge is 0.459 e. The minimum atomic E-state index is -0.919. The van der Waals surface area contributed by atoms with Crippen LogP contribution in [-0.4, -0.2) is 52.1 Å². The first-order chi connectivity index (χ1) is 15.7. The maximum absolute atomic E-state index is 13.5. The van der Waals surface area contributed by atoms with Crippen LogP contribution in [0.15, 0.2) is 54.7 Å². The Morgan fingerprint density at radius 2 is 1.85 bits per heavy atom. The summed E-state index contributed by atoms with van der Waals surface area (Å²) in [5.74, 6) is -0.802. The summed E-state index contributed by atoms with van der Waals surface area (Å²) in [5, 5.41) is 2.67. The van der Waals surface area contributed by atoms with Crippen molar-refractivity contribution in [2.75, 3.05) is 6.54 Å². The van der Waals surface area contributed by atoms with E-state index in [0.29, 0.717) is 25.1 Å². The maximum atomic E-state index is 13.5. The zero-order valence-corrected chi connectivity index (χ0v) is 19.3. The summed E-state index contributed by atoms with van der Waals surface area (Å²) in [7, 11) is 0. The van der Waals surface area contributed by atoms with Crippen molar-refractivity contribution in [1.29, 1.82) is 0 Å². The summed E-state index contributed by atoms with van der Waals surface area (Å²) < 4.78 is 10.8. The van der Waals surface area contributed by atoms with Crippen molar-refractivity contribution in [3.05, 3.63) is 66.0 Å². The molecule has 3 rings (SSSR count). The first kappa shape index (κ1) is 24.2. The lowest BCUT2D eigenvalue weighted by Gasteiger charge is -2.29. The smallest absolute Gasteiger partial charge is 0.408 e. The Bertz CT molecular complexity index is 944. The van der Waals surface area contributed by atoms with Crippen molar-refractivity contribution < 1.29 is 23.9 Å². The van der Waals surface area contributed by atoms with Gasteiger partial charge in [0.2, 0.25) is 5.91 Å². The monoisotopic (exact) mass is 453 g/mol. The fourth-order valence-electron chi connectivity index (χ4n) is 3.68. The zero-order valence-electron chi connectivity index (χ0n) is 19.3. The van der Waals surface area contributed by atoms with Crippen molar-refractivity contribution in [2.45, 2.75) is 64.3 Å². The second kappa shape index (κ2) is 10.9. The van der Waals surface area contributed by atoms with Gasteiger partial charge in [0.1, 0.15) is 24.3 Å². The third kappa shape index (κ3) is 7.30. The van der Waals surface area contributed by atoms with Gasteiger partial charge in [-0.3, -0.25) is 9.78 Å². The fourth-order valence-corrected chi connectivity index (χ4v) is 3.68. The van der Waals surface area contributed by atoms with Gasteiger partial charge < -0.3 is 19.7 Å². The number of nitrogens with zero attached hydrogens (tertiary/aromatic N) is 2. The predicted molar refractivity (Wildman–Crippen MR) is 122 cm³/mol. The fraction of sp³-hybridized carbons (Fsp3) is 0.440. The molecule has 0 bridgehead atoms. The molecule has 1 aliphatic rings. The molecule has 0 aliphatic carbocycles. The summed E-state index contributed by atoms with van der Waals surface area (Å²) in [6.07, 6.45) is 2.31. The topological polar surface area (TPSA) is 97.8 Å². The molecule has 33 heavy (non-hydrogen) atoms. The number of pyridine rings is 1. The molecule has 2 heterocycles. The van der Waals surface area contributed by atoms with Crippen LogP contribution in [0, 0.1) is 0 Å². The number of carbonyl (C=O) groups excluding carboxylic acids is 3. The van der Waals surface area contributed by atoms with Gasteiger partial charge in [0.25, 0.3) is 0 Å². The first-order valence-corrected chi connectivity index (χ1v) is 11.1. The first-order valence-electron chi connectivity index (χ1n) is 11.1. The minimum Gasteiger partial charge on any atom is -0.459 e. The molecule has 1 aromatic carbocycles. The second-order valence-electron chi connectivity index (χ2n) is 9.01. The van der Waals surface area contributed by atoms with E-state index in [4.69, 9.17) is 9.47 Å². The summed E-state index contributed by atoms with van der Waals surface area (Å²) in [6.45, 7) is 5.81. The van der Waals surface area contributed by atoms with Gasteiger partial charge in [-0.15, -0.1) is 0 Å². The van der Waals surface area contributed by atoms with Gasteiger partial charge in [0, 0.05) is 24.9 Å². The van der Waals surface area contributed by atoms with Crippen LogP contribution in [0.1, 0.15) is 44.9 Å². The van der Waals surface area contributed by atoms with E-state index in [1.165, 1.54) is 4.90 Å². The molecule has 8 nitrogen and oxygen atoms in total. The predicted octanol–water partition coefficient (Wildman–Crippen LogP) is 3.25. The molecule has 2 amide bonds. The van der Waals surface area contributed by atoms with Crippen molar-refractivity contribution in [1.82, 2.24) is 15.2 Å². The number of esters is 1. The lowest BCUT2D eigenvalue weighted by Crippen LogP contribution is -2.53. The van der Waals surface area contributed by atoms with Crippen LogP contribution in [0.25, 0.3) is 0 Å². The quantitative estimate of drug-likeness (QED) is 0.647. The van der Waals surface area contributed by atoms with Crippen LogP contribution in [0.5, 0.6) is 0 Å². The van der Waals surface area contributed by atoms with E-state index in [9.17, 15) is 14.4 Å². The SMILES string of the molecule is CC(C)(C)OC(=O)NC(Cc1ccccn1)C(=O)N1CCC[C@@H]1C(=O)OCc1ccccc1. The van der Waals surface area contributed by atoms with Crippen molar-refractivity contribution >= 4 is 18.0 Å². The number of aromatic nitrogens is 1. The molecule has 176 valence electrons. The molecule has 0 saturated carbocycles. The molecule has 1 fully saturated rings. The Hall–Kier alpha value is -3.42. The molecule has 8 heteroatoms. The van der Waals surface area contributed by atoms with Crippen LogP contribution in [0.3, 0.4) is 0 Å². The maximum Gasteiger partial charge on any atom is 0.408 e. The number of hydrogen-bond acceptors (Lipinski definition) is 6. The van der Waals surface area contributed by atoms with E-state index >= 15 is 0 Å². The zero-order chi connectivity index (χ0) is 23.8. The van der Waals surface area contributed by atoms with Gasteiger partial charge in [0.15, 0.2) is 0 Å². The number of ether oxygens (including phenoxy) is 2. The van der Waals surface area contributed by atoms with Gasteiger partial charge in [-0.2, -0.15) is 0 Å². The normalized spacial score (nSPS) is 16.7. The van der Waals surface area contributed by atoms with Crippen molar-refractivity contribution in [3.63, 3.8) is 0 Å². The molecular weight excluding hydrogens is 422 g/mol. The average Bonchev–Trinajstić information content (AvgIpc) is 3.27. The van der Waals surface area contributed by atoms with Gasteiger partial charge >= 0.3 is 12.1 Å². The molecule has 0 radical (unpaired) electrons. The Kier molecular flexibility index (Phi) is 8.03. The molecular formula is C25H31N3O5. The van der Waals surface area contributed by atoms with Crippen molar-refractivity contribution in [3.8, 4) is 0 Å². The van der Waals surface area contributed by atoms with E-state index in [1.807, 2.05) is 36.4 Å². The highest BCUT2D eigenvalue weighted by Gasteiger charge is 2.39. The Balaban J connectivity index is 1.70. The second-order valence-corrected chi connectivity index (χ2v) is 9.01. The van der Waals surface area contributed by atoms with Crippen LogP contribution in [0.4, 0.5) is 4.79 Å². The number of carbonyl (C=O) groups is 3. The highest BCUT2D eigenvalue weighted by Crippen LogP contribution is 2.21. The van der Waals surface area contributed by atoms with E-state index in [-0.39, 0.29) is 18.9 Å². The Morgan fingerprint density at radius 1 is 1.12 bits per heavy atom. The molecule has 1 N–H and O–H groups in total. The highest BCUT2D eigenvalue weighted by atomic mass is 16.6. The van der Waals surface area contributed by atoms with Crippen molar-refractivity contribution in [2.24, 2.45) is 0 Å². The van der Waals surface area contributed by atoms with Crippen LogP contribution < -0.4 is 5.32 Å². The number of alkyl carbamates (subject to hydrolysis) is 1. The molecule has 1 aliphatic heterocycles. The number of nitrogens with one attached hydrogen (secondary N) is 1. The van der Waals surface area contributed by atoms with Gasteiger partial charge in [0.05, 0.1) is 0 Å². The summed E-state index contributed by atoms with van der Waals surface area (Å²) in [4.78, 5) is 44.5. The summed E-state index contributed by atoms with van der Waals surface area (Å²) >= 11 is 0. The van der Waals surface area contributed by atoms with Crippen LogP contribution in [0.2, 0.25) is 0 Å². The van der Waals surface area contributed by atoms with Gasteiger partial charge in [-0.25, -0.2) is 9.59 Å². The third-order valence-corrected chi connectivity index (χ3v) is 5.16. The third-order valence-electron chi connectivity index (χ3n) is 5.16. The van der Waals surface area contributed by atoms with Gasteiger partial charge in [-0.05, 0) is 51.3 Å². The number of hydrogen-bond donors (Lipinski definition) is 1. The number of rotatable bonds is 7. The Labute approximate surface area is 194 Å². The van der Waals surface area contributed by atoms with E-state index < -0.39 is 29.7 Å². The molecule has 1 aromatic heterocycles. The van der Waals surface area contributed by atoms with Gasteiger partial charge in [-0.1, -0.05) is 36.4 Å². The summed E-state index contributed by atoms with van der Waals surface area (Å²) in [5.41, 5.74) is 0.816. The Morgan fingerprint density at radius 3 is 2.52 bits per heavy atom. The molecule has 1 unspecified atom stereocenters. The number of benzene rings is 1. The van der Waals surface area contributed by atoms with E-state index in [2.05, 4.69) is 10.3 Å². The summed E-state index contributed by atoms with van der Waals surface area (Å²) in [6, 6.07) is 13.2. The molecule has 0 spiro atoms. The lowest BCUT2D eigenvalue weighted by molar-refractivity contribution is -0.155. The van der Waals surface area contributed by atoms with Crippen LogP contribution in [-0.2, 0) is 32.1 Å². The number of amides is 2. The molecule has 2 aromatic rings. The van der Waals surface area contributed by atoms with E-state index in [1.54, 1.807) is 39.1 Å². The molecule has 2 atom stereocenters. The standard InChI is InChI=1S/C25H31N3O5/c1-25(2,3)33-24(31)27-20(16-19-12-7-8-14-26-19)22(29)28-15-9-13-21(28)23(30)32-17-18-10-5-4-6-11-18/h4-8,10-12,14,20-21H,9,13,15-17H2,1-3H3,(H,27,31)/t20?,21-/m1/s1. The minimum absolute atomic E-state index is 0.145. The number of likely N-dealkylation sites (tertiary alicyclic amines) is 1.